The highest BCUT2D eigenvalue weighted by atomic mass is 35.5. The summed E-state index contributed by atoms with van der Waals surface area (Å²) < 4.78 is 5.17. The Morgan fingerprint density at radius 2 is 1.59 bits per heavy atom. The Bertz CT molecular complexity index is 1170. The van der Waals surface area contributed by atoms with Crippen molar-refractivity contribution >= 4 is 40.6 Å². The molecule has 0 aliphatic carbocycles. The molecule has 34 heavy (non-hydrogen) atoms. The van der Waals surface area contributed by atoms with E-state index in [1.165, 1.54) is 0 Å². The van der Waals surface area contributed by atoms with Gasteiger partial charge in [-0.15, -0.1) is 0 Å². The molecule has 0 fully saturated rings. The van der Waals surface area contributed by atoms with Gasteiger partial charge < -0.3 is 20.3 Å². The van der Waals surface area contributed by atoms with E-state index in [1.807, 2.05) is 13.0 Å². The van der Waals surface area contributed by atoms with Crippen LogP contribution < -0.4 is 20.3 Å². The Hall–Kier alpha value is -3.68. The van der Waals surface area contributed by atoms with Crippen molar-refractivity contribution in [3.05, 3.63) is 88.9 Å². The number of amides is 2. The van der Waals surface area contributed by atoms with E-state index in [0.29, 0.717) is 39.8 Å². The molecule has 0 aromatic heterocycles. The number of ketones is 1. The number of quaternary nitrogens is 1. The van der Waals surface area contributed by atoms with E-state index in [0.717, 1.165) is 4.90 Å². The maximum absolute atomic E-state index is 13.0. The molecule has 3 N–H and O–H groups in total. The first-order valence-corrected chi connectivity index (χ1v) is 11.2. The number of methoxy groups -OCH3 is 1. The molecule has 1 unspecified atom stereocenters. The van der Waals surface area contributed by atoms with Gasteiger partial charge >= 0.3 is 0 Å². The van der Waals surface area contributed by atoms with Crippen molar-refractivity contribution in [3.8, 4) is 5.75 Å². The van der Waals surface area contributed by atoms with Crippen molar-refractivity contribution in [3.63, 3.8) is 0 Å². The van der Waals surface area contributed by atoms with Crippen LogP contribution in [0, 0.1) is 0 Å². The highest BCUT2D eigenvalue weighted by Crippen LogP contribution is 2.23. The van der Waals surface area contributed by atoms with Crippen LogP contribution in [0.5, 0.6) is 5.75 Å². The van der Waals surface area contributed by atoms with Crippen LogP contribution in [0.4, 0.5) is 11.4 Å². The molecule has 0 saturated carbocycles. The van der Waals surface area contributed by atoms with Crippen molar-refractivity contribution in [2.75, 3.05) is 37.4 Å². The molecule has 0 heterocycles. The minimum absolute atomic E-state index is 0.0592. The first-order chi connectivity index (χ1) is 16.4. The van der Waals surface area contributed by atoms with Crippen LogP contribution in [0.1, 0.15) is 22.8 Å². The van der Waals surface area contributed by atoms with Gasteiger partial charge in [-0.2, -0.15) is 0 Å². The zero-order valence-electron chi connectivity index (χ0n) is 19.1. The molecular formula is C26H27ClN3O4+. The van der Waals surface area contributed by atoms with Crippen molar-refractivity contribution in [2.45, 2.75) is 6.92 Å². The van der Waals surface area contributed by atoms with Gasteiger partial charge in [-0.1, -0.05) is 48.0 Å². The summed E-state index contributed by atoms with van der Waals surface area (Å²) >= 11 is 6.11. The number of benzene rings is 3. The molecule has 8 heteroatoms. The maximum Gasteiger partial charge on any atom is 0.279 e. The predicted octanol–water partition coefficient (Wildman–Crippen LogP) is 3.06. The number of carbonyl (C=O) groups excluding carboxylic acids is 3. The van der Waals surface area contributed by atoms with Gasteiger partial charge in [-0.3, -0.25) is 14.4 Å². The van der Waals surface area contributed by atoms with Gasteiger partial charge in [0.2, 0.25) is 0 Å². The first kappa shape index (κ1) is 25.0. The summed E-state index contributed by atoms with van der Waals surface area (Å²) in [6.45, 7) is 2.63. The molecule has 1 atom stereocenters. The largest absolute Gasteiger partial charge is 0.497 e. The number of rotatable bonds is 10. The van der Waals surface area contributed by atoms with Crippen LogP contribution in [0.2, 0.25) is 5.02 Å². The molecule has 3 aromatic carbocycles. The summed E-state index contributed by atoms with van der Waals surface area (Å²) in [5.41, 5.74) is 1.80. The molecule has 0 aliphatic heterocycles. The van der Waals surface area contributed by atoms with Crippen LogP contribution in [0.25, 0.3) is 0 Å². The van der Waals surface area contributed by atoms with Crippen molar-refractivity contribution in [2.24, 2.45) is 0 Å². The van der Waals surface area contributed by atoms with Crippen molar-refractivity contribution < 1.29 is 24.0 Å². The zero-order valence-corrected chi connectivity index (χ0v) is 19.8. The lowest BCUT2D eigenvalue weighted by Crippen LogP contribution is -3.13. The lowest BCUT2D eigenvalue weighted by Gasteiger charge is -2.18. The Kier molecular flexibility index (Phi) is 8.79. The number of hydrogen-bond acceptors (Lipinski definition) is 4. The molecule has 7 nitrogen and oxygen atoms in total. The van der Waals surface area contributed by atoms with E-state index in [4.69, 9.17) is 16.3 Å². The summed E-state index contributed by atoms with van der Waals surface area (Å²) in [7, 11) is 1.56. The van der Waals surface area contributed by atoms with Gasteiger partial charge in [0.1, 0.15) is 5.75 Å². The average molecular weight is 481 g/mol. The Labute approximate surface area is 203 Å². The zero-order chi connectivity index (χ0) is 24.5. The second-order valence-corrected chi connectivity index (χ2v) is 8.11. The van der Waals surface area contributed by atoms with Gasteiger partial charge in [0.15, 0.2) is 18.9 Å². The third kappa shape index (κ3) is 6.91. The Morgan fingerprint density at radius 1 is 0.882 bits per heavy atom. The lowest BCUT2D eigenvalue weighted by atomic mass is 10.0. The molecule has 0 saturated heterocycles. The first-order valence-electron chi connectivity index (χ1n) is 10.9. The predicted molar refractivity (Wildman–Crippen MR) is 133 cm³/mol. The van der Waals surface area contributed by atoms with Crippen molar-refractivity contribution in [1.29, 1.82) is 0 Å². The molecule has 2 amide bonds. The maximum atomic E-state index is 13.0. The number of ether oxygens (including phenoxy) is 1. The fourth-order valence-corrected chi connectivity index (χ4v) is 3.60. The fourth-order valence-electron chi connectivity index (χ4n) is 3.43. The molecule has 0 aliphatic rings. The Morgan fingerprint density at radius 3 is 2.26 bits per heavy atom. The topological polar surface area (TPSA) is 88.9 Å². The summed E-state index contributed by atoms with van der Waals surface area (Å²) in [6.07, 6.45) is 0. The third-order valence-electron chi connectivity index (χ3n) is 5.21. The third-order valence-corrected chi connectivity index (χ3v) is 5.45. The number of nitrogens with one attached hydrogen (secondary N) is 3. The van der Waals surface area contributed by atoms with E-state index in [-0.39, 0.29) is 30.7 Å². The van der Waals surface area contributed by atoms with E-state index >= 15 is 0 Å². The molecule has 0 spiro atoms. The highest BCUT2D eigenvalue weighted by Gasteiger charge is 2.20. The smallest absolute Gasteiger partial charge is 0.279 e. The normalized spacial score (nSPS) is 11.4. The van der Waals surface area contributed by atoms with Crippen molar-refractivity contribution in [1.82, 2.24) is 0 Å². The quantitative estimate of drug-likeness (QED) is 0.389. The SMILES string of the molecule is CC[NH+](CC(=O)Nc1cccc(OC)c1)CC(=O)Nc1ccc(Cl)cc1C(=O)c1ccccc1. The number of halogens is 1. The number of carbonyl (C=O) groups is 3. The van der Waals surface area contributed by atoms with Gasteiger partial charge in [-0.05, 0) is 37.3 Å². The summed E-state index contributed by atoms with van der Waals surface area (Å²) in [5, 5.41) is 6.02. The summed E-state index contributed by atoms with van der Waals surface area (Å²) in [5.74, 6) is -0.128. The van der Waals surface area contributed by atoms with Gasteiger partial charge in [0.25, 0.3) is 11.8 Å². The number of likely N-dealkylation sites (N-methyl/N-ethyl adjacent to an activating group) is 1. The van der Waals surface area contributed by atoms with E-state index in [2.05, 4.69) is 10.6 Å². The monoisotopic (exact) mass is 480 g/mol. The van der Waals surface area contributed by atoms with Crippen LogP contribution in [0.3, 0.4) is 0 Å². The standard InChI is InChI=1S/C26H26ClN3O4/c1-3-30(16-24(31)28-20-10-7-11-21(15-20)34-2)17-25(32)29-23-13-12-19(27)14-22(23)26(33)18-8-5-4-6-9-18/h4-15H,3,16-17H2,1-2H3,(H,28,31)(H,29,32)/p+1. The summed E-state index contributed by atoms with van der Waals surface area (Å²) in [4.78, 5) is 39.0. The Balaban J connectivity index is 1.65. The minimum atomic E-state index is -0.310. The minimum Gasteiger partial charge on any atom is -0.497 e. The average Bonchev–Trinajstić information content (AvgIpc) is 2.84. The van der Waals surface area contributed by atoms with Crippen LogP contribution >= 0.6 is 11.6 Å². The van der Waals surface area contributed by atoms with Gasteiger partial charge in [-0.25, -0.2) is 0 Å². The van der Waals surface area contributed by atoms with E-state index in [9.17, 15) is 14.4 Å². The number of anilines is 2. The van der Waals surface area contributed by atoms with Crippen LogP contribution in [-0.4, -0.2) is 44.3 Å². The molecule has 0 bridgehead atoms. The molecule has 176 valence electrons. The molecular weight excluding hydrogens is 454 g/mol. The fraction of sp³-hybridized carbons (Fsp3) is 0.192. The second kappa shape index (κ2) is 12.0. The highest BCUT2D eigenvalue weighted by molar-refractivity contribution is 6.31. The van der Waals surface area contributed by atoms with E-state index < -0.39 is 0 Å². The number of hydrogen-bond donors (Lipinski definition) is 3. The second-order valence-electron chi connectivity index (χ2n) is 7.67. The lowest BCUT2D eigenvalue weighted by molar-refractivity contribution is -0.881. The van der Waals surface area contributed by atoms with Gasteiger partial charge in [0.05, 0.1) is 19.3 Å². The summed E-state index contributed by atoms with van der Waals surface area (Å²) in [6, 6.07) is 20.6. The van der Waals surface area contributed by atoms with Crippen LogP contribution in [-0.2, 0) is 9.59 Å². The van der Waals surface area contributed by atoms with E-state index in [1.54, 1.807) is 73.8 Å². The van der Waals surface area contributed by atoms with Gasteiger partial charge in [0, 0.05) is 27.9 Å². The molecule has 3 rings (SSSR count). The molecule has 3 aromatic rings. The molecule has 0 radical (unpaired) electrons. The van der Waals surface area contributed by atoms with Crippen LogP contribution in [0.15, 0.2) is 72.8 Å².